The van der Waals surface area contributed by atoms with Crippen molar-refractivity contribution in [3.63, 3.8) is 0 Å². The van der Waals surface area contributed by atoms with E-state index in [0.717, 1.165) is 68.4 Å². The minimum atomic E-state index is -0.112. The number of hydrogen-bond donors (Lipinski definition) is 2. The van der Waals surface area contributed by atoms with Gasteiger partial charge in [0.1, 0.15) is 12.4 Å². The van der Waals surface area contributed by atoms with Gasteiger partial charge in [0.25, 0.3) is 5.56 Å². The number of nitrogens with one attached hydrogen (secondary N) is 2. The van der Waals surface area contributed by atoms with Gasteiger partial charge in [0.2, 0.25) is 5.91 Å². The van der Waals surface area contributed by atoms with Gasteiger partial charge in [-0.05, 0) is 85.9 Å². The zero-order valence-corrected chi connectivity index (χ0v) is 22.7. The smallest absolute Gasteiger partial charge is 0.258 e. The molecule has 0 bridgehead atoms. The Morgan fingerprint density at radius 1 is 1.05 bits per heavy atom. The van der Waals surface area contributed by atoms with Crippen LogP contribution in [0.3, 0.4) is 0 Å². The van der Waals surface area contributed by atoms with Crippen molar-refractivity contribution in [1.29, 1.82) is 0 Å². The number of allylic oxidation sites excluding steroid dienone is 1. The number of ether oxygens (including phenoxy) is 1. The Morgan fingerprint density at radius 3 is 2.67 bits per heavy atom. The zero-order chi connectivity index (χ0) is 26.8. The first-order chi connectivity index (χ1) is 18.9. The average molecular weight is 545 g/mol. The number of amides is 1. The van der Waals surface area contributed by atoms with Gasteiger partial charge in [-0.15, -0.1) is 0 Å². The first-order valence-electron chi connectivity index (χ1n) is 13.8. The van der Waals surface area contributed by atoms with Gasteiger partial charge in [-0.25, -0.2) is 0 Å². The fraction of sp³-hybridized carbons (Fsp3) is 0.387. The van der Waals surface area contributed by atoms with Crippen LogP contribution < -0.4 is 20.9 Å². The number of carbonyl (C=O) groups is 1. The molecule has 3 heterocycles. The fourth-order valence-corrected chi connectivity index (χ4v) is 6.16. The molecule has 2 aromatic heterocycles. The van der Waals surface area contributed by atoms with Crippen LogP contribution in [0, 0.1) is 0 Å². The van der Waals surface area contributed by atoms with E-state index >= 15 is 0 Å². The molecule has 3 aromatic rings. The topological polar surface area (TPSA) is 85.2 Å². The molecule has 1 saturated heterocycles. The molecule has 2 fully saturated rings. The van der Waals surface area contributed by atoms with Crippen LogP contribution in [0.5, 0.6) is 5.75 Å². The van der Waals surface area contributed by atoms with Gasteiger partial charge < -0.3 is 15.4 Å². The molecular weight excluding hydrogens is 512 g/mol. The third-order valence-corrected chi connectivity index (χ3v) is 8.55. The quantitative estimate of drug-likeness (QED) is 0.432. The summed E-state index contributed by atoms with van der Waals surface area (Å²) >= 11 is 5.88. The Balaban J connectivity index is 1.05. The Hall–Kier alpha value is -3.42. The molecule has 3 aliphatic rings. The summed E-state index contributed by atoms with van der Waals surface area (Å²) in [5.74, 6) is 0.731. The molecule has 39 heavy (non-hydrogen) atoms. The van der Waals surface area contributed by atoms with Gasteiger partial charge in [-0.3, -0.25) is 19.1 Å². The molecule has 0 atom stereocenters. The number of benzene rings is 1. The Morgan fingerprint density at radius 2 is 1.92 bits per heavy atom. The number of aromatic nitrogens is 2. The molecular formula is C31H33ClN4O3. The third-order valence-electron chi connectivity index (χ3n) is 8.33. The van der Waals surface area contributed by atoms with E-state index in [-0.39, 0.29) is 23.6 Å². The van der Waals surface area contributed by atoms with Crippen molar-refractivity contribution in [3.05, 3.63) is 92.6 Å². The number of halogens is 1. The standard InChI is InChI=1S/C31H33ClN4O3/c32-24-4-5-26(34-19-24)20-39-28-10-14-36(30(38)17-28)27-6-3-22-15-21(1-2-23(22)16-27)18-33-25-7-11-31(12-8-25)13-9-29(37)35-31/h1-2,4-5,10,14-17,19,25,33H,3,6-9,11-13,18,20H2,(H,35,37)/t25-,31-. The average Bonchev–Trinajstić information content (AvgIpc) is 3.31. The number of carbonyl (C=O) groups excluding carboxylic acids is 1. The summed E-state index contributed by atoms with van der Waals surface area (Å²) < 4.78 is 7.46. The number of nitrogens with zero attached hydrogens (tertiary/aromatic N) is 2. The highest BCUT2D eigenvalue weighted by atomic mass is 35.5. The van der Waals surface area contributed by atoms with Crippen LogP contribution >= 0.6 is 11.6 Å². The van der Waals surface area contributed by atoms with Crippen LogP contribution in [0.4, 0.5) is 0 Å². The maximum Gasteiger partial charge on any atom is 0.258 e. The maximum atomic E-state index is 12.9. The maximum absolute atomic E-state index is 12.9. The highest BCUT2D eigenvalue weighted by molar-refractivity contribution is 6.30. The van der Waals surface area contributed by atoms with Crippen LogP contribution in [0.25, 0.3) is 11.8 Å². The predicted octanol–water partition coefficient (Wildman–Crippen LogP) is 5.10. The van der Waals surface area contributed by atoms with Crippen molar-refractivity contribution in [2.45, 2.75) is 76.1 Å². The van der Waals surface area contributed by atoms with Crippen molar-refractivity contribution in [2.75, 3.05) is 0 Å². The predicted molar refractivity (Wildman–Crippen MR) is 152 cm³/mol. The molecule has 1 amide bonds. The van der Waals surface area contributed by atoms with Gasteiger partial charge in [0.15, 0.2) is 0 Å². The van der Waals surface area contributed by atoms with E-state index < -0.39 is 0 Å². The largest absolute Gasteiger partial charge is 0.487 e. The lowest BCUT2D eigenvalue weighted by Gasteiger charge is -2.37. The summed E-state index contributed by atoms with van der Waals surface area (Å²) in [6, 6.07) is 14.0. The molecule has 1 aliphatic heterocycles. The number of fused-ring (bicyclic) bond motifs is 1. The molecule has 202 valence electrons. The second kappa shape index (κ2) is 11.0. The van der Waals surface area contributed by atoms with Gasteiger partial charge in [-0.1, -0.05) is 29.8 Å². The van der Waals surface area contributed by atoms with Crippen LogP contribution in [0.2, 0.25) is 5.02 Å². The van der Waals surface area contributed by atoms with Gasteiger partial charge in [0.05, 0.1) is 10.7 Å². The SMILES string of the molecule is O=C1CC[C@]2(CC[C@@H](NCc3ccc4c(c3)CCC(n3ccc(OCc5ccc(Cl)cn5)cc3=O)=C4)CC2)N1. The summed E-state index contributed by atoms with van der Waals surface area (Å²) in [5, 5.41) is 7.54. The summed E-state index contributed by atoms with van der Waals surface area (Å²) in [4.78, 5) is 28.8. The van der Waals surface area contributed by atoms with E-state index in [2.05, 4.69) is 39.9 Å². The molecule has 1 aromatic carbocycles. The van der Waals surface area contributed by atoms with Gasteiger partial charge in [-0.2, -0.15) is 0 Å². The Kier molecular flexibility index (Phi) is 7.28. The Labute approximate surface area is 233 Å². The van der Waals surface area contributed by atoms with Crippen molar-refractivity contribution in [2.24, 2.45) is 0 Å². The second-order valence-corrected chi connectivity index (χ2v) is 11.4. The summed E-state index contributed by atoms with van der Waals surface area (Å²) in [7, 11) is 0. The lowest BCUT2D eigenvalue weighted by Crippen LogP contribution is -2.47. The lowest BCUT2D eigenvalue weighted by atomic mass is 9.78. The van der Waals surface area contributed by atoms with Crippen LogP contribution in [0.15, 0.2) is 59.7 Å². The lowest BCUT2D eigenvalue weighted by molar-refractivity contribution is -0.120. The van der Waals surface area contributed by atoms with Crippen LogP contribution in [0.1, 0.15) is 67.3 Å². The van der Waals surface area contributed by atoms with E-state index in [0.29, 0.717) is 23.2 Å². The molecule has 0 unspecified atom stereocenters. The highest BCUT2D eigenvalue weighted by Crippen LogP contribution is 2.36. The van der Waals surface area contributed by atoms with Gasteiger partial charge >= 0.3 is 0 Å². The molecule has 1 spiro atoms. The van der Waals surface area contributed by atoms with E-state index in [4.69, 9.17) is 16.3 Å². The van der Waals surface area contributed by atoms with E-state index in [1.54, 1.807) is 29.1 Å². The van der Waals surface area contributed by atoms with E-state index in [1.165, 1.54) is 17.2 Å². The minimum absolute atomic E-state index is 0.0648. The van der Waals surface area contributed by atoms with Crippen molar-refractivity contribution >= 4 is 29.3 Å². The Bertz CT molecular complexity index is 1460. The zero-order valence-electron chi connectivity index (χ0n) is 21.9. The number of rotatable bonds is 7. The molecule has 2 N–H and O–H groups in total. The van der Waals surface area contributed by atoms with Crippen LogP contribution in [-0.2, 0) is 24.4 Å². The van der Waals surface area contributed by atoms with E-state index in [1.807, 2.05) is 6.07 Å². The summed E-state index contributed by atoms with van der Waals surface area (Å²) in [6.45, 7) is 1.12. The van der Waals surface area contributed by atoms with Crippen molar-refractivity contribution in [1.82, 2.24) is 20.2 Å². The van der Waals surface area contributed by atoms with E-state index in [9.17, 15) is 9.59 Å². The molecule has 0 radical (unpaired) electrons. The summed E-state index contributed by atoms with van der Waals surface area (Å²) in [6.07, 6.45) is 13.2. The van der Waals surface area contributed by atoms with Crippen molar-refractivity contribution in [3.8, 4) is 5.75 Å². The molecule has 7 nitrogen and oxygen atoms in total. The minimum Gasteiger partial charge on any atom is -0.487 e. The first kappa shape index (κ1) is 25.8. The fourth-order valence-electron chi connectivity index (χ4n) is 6.05. The first-order valence-corrected chi connectivity index (χ1v) is 14.2. The summed E-state index contributed by atoms with van der Waals surface area (Å²) in [5.41, 5.74) is 5.45. The molecule has 6 rings (SSSR count). The van der Waals surface area contributed by atoms with Crippen LogP contribution in [-0.4, -0.2) is 27.0 Å². The van der Waals surface area contributed by atoms with Crippen molar-refractivity contribution < 1.29 is 9.53 Å². The second-order valence-electron chi connectivity index (χ2n) is 11.0. The molecule has 2 aliphatic carbocycles. The molecule has 1 saturated carbocycles. The van der Waals surface area contributed by atoms with Gasteiger partial charge in [0, 0.05) is 48.7 Å². The number of pyridine rings is 2. The number of hydrogen-bond acceptors (Lipinski definition) is 5. The number of aryl methyl sites for hydroxylation is 1. The molecule has 8 heteroatoms. The monoisotopic (exact) mass is 544 g/mol. The normalized spacial score (nSPS) is 22.3. The third kappa shape index (κ3) is 5.94. The highest BCUT2D eigenvalue weighted by Gasteiger charge is 2.40.